The zero-order valence-electron chi connectivity index (χ0n) is 20.7. The van der Waals surface area contributed by atoms with Crippen LogP contribution in [0.1, 0.15) is 39.5 Å². The van der Waals surface area contributed by atoms with Crippen LogP contribution in [0.5, 0.6) is 0 Å². The molecule has 0 aromatic heterocycles. The third-order valence-corrected chi connectivity index (χ3v) is 7.53. The molecule has 1 rings (SSSR count). The predicted octanol–water partition coefficient (Wildman–Crippen LogP) is -1.45. The van der Waals surface area contributed by atoms with Gasteiger partial charge in [0.1, 0.15) is 13.1 Å². The summed E-state index contributed by atoms with van der Waals surface area (Å²) in [6, 6.07) is 0. The first-order valence-corrected chi connectivity index (χ1v) is 14.9. The standard InChI is InChI=1S/C10H23NO5S.C6H15NO2.C4H8O3S/c1-2-11(6-8-12,7-9-13)5-3-4-10-17(14,15)16;1-2-7(3-5-8)4-6-9;5-8(6)4-2-1-3-7-8/h12-13H,2-10H2,1H3;8-9H,2-6H2,1H3;1-4H2. The summed E-state index contributed by atoms with van der Waals surface area (Å²) < 4.78 is 57.2. The highest BCUT2D eigenvalue weighted by Gasteiger charge is 2.23. The first-order valence-electron chi connectivity index (χ1n) is 11.8. The maximum absolute atomic E-state index is 10.4. The van der Waals surface area contributed by atoms with E-state index in [4.69, 9.17) is 20.4 Å². The molecule has 0 aliphatic carbocycles. The second-order valence-corrected chi connectivity index (χ2v) is 11.2. The molecule has 34 heavy (non-hydrogen) atoms. The summed E-state index contributed by atoms with van der Waals surface area (Å²) in [5, 5.41) is 34.9. The zero-order valence-corrected chi connectivity index (χ0v) is 22.3. The molecule has 0 unspecified atom stereocenters. The van der Waals surface area contributed by atoms with Crippen LogP contribution < -0.4 is 0 Å². The van der Waals surface area contributed by atoms with Crippen LogP contribution in [0.4, 0.5) is 0 Å². The molecule has 1 saturated heterocycles. The van der Waals surface area contributed by atoms with Crippen molar-refractivity contribution in [1.29, 1.82) is 0 Å². The number of hydrogen-bond acceptors (Lipinski definition) is 11. The monoisotopic (exact) mass is 538 g/mol. The Morgan fingerprint density at radius 2 is 1.47 bits per heavy atom. The van der Waals surface area contributed by atoms with Crippen molar-refractivity contribution in [2.45, 2.75) is 39.5 Å². The molecule has 0 saturated carbocycles. The fourth-order valence-corrected chi connectivity index (χ4v) is 4.90. The molecule has 0 aromatic rings. The molecule has 1 aliphatic heterocycles. The van der Waals surface area contributed by atoms with E-state index in [1.54, 1.807) is 0 Å². The maximum atomic E-state index is 10.4. The van der Waals surface area contributed by atoms with E-state index in [0.717, 1.165) is 25.9 Å². The van der Waals surface area contributed by atoms with Gasteiger partial charge in [-0.15, -0.1) is 0 Å². The minimum atomic E-state index is -4.13. The van der Waals surface area contributed by atoms with E-state index < -0.39 is 20.2 Å². The molecule has 0 radical (unpaired) electrons. The van der Waals surface area contributed by atoms with E-state index in [1.165, 1.54) is 0 Å². The van der Waals surface area contributed by atoms with E-state index >= 15 is 0 Å². The predicted molar refractivity (Wildman–Crippen MR) is 129 cm³/mol. The highest BCUT2D eigenvalue weighted by atomic mass is 32.2. The molecule has 0 aromatic carbocycles. The van der Waals surface area contributed by atoms with Gasteiger partial charge in [0.15, 0.2) is 0 Å². The van der Waals surface area contributed by atoms with Gasteiger partial charge in [-0.05, 0) is 39.2 Å². The lowest BCUT2D eigenvalue weighted by molar-refractivity contribution is -0.927. The molecule has 1 fully saturated rings. The van der Waals surface area contributed by atoms with Crippen molar-refractivity contribution in [2.75, 3.05) is 90.4 Å². The van der Waals surface area contributed by atoms with Gasteiger partial charge >= 0.3 is 0 Å². The van der Waals surface area contributed by atoms with Crippen molar-refractivity contribution >= 4 is 20.2 Å². The Hall–Kier alpha value is -0.420. The first-order chi connectivity index (χ1) is 15.9. The lowest BCUT2D eigenvalue weighted by Gasteiger charge is -2.37. The van der Waals surface area contributed by atoms with Crippen LogP contribution in [0, 0.1) is 0 Å². The van der Waals surface area contributed by atoms with E-state index in [2.05, 4.69) is 4.18 Å². The van der Waals surface area contributed by atoms with Crippen molar-refractivity contribution in [2.24, 2.45) is 0 Å². The Morgan fingerprint density at radius 3 is 1.76 bits per heavy atom. The quantitative estimate of drug-likeness (QED) is 0.0827. The smallest absolute Gasteiger partial charge is 0.267 e. The Balaban J connectivity index is 0. The number of unbranched alkanes of at least 4 members (excludes halogenated alkanes) is 1. The molecule has 1 aliphatic rings. The molecular formula is C20H46N2O10S2. The normalized spacial score (nSPS) is 15.8. The third-order valence-electron chi connectivity index (χ3n) is 5.43. The van der Waals surface area contributed by atoms with Crippen LogP contribution in [0.3, 0.4) is 0 Å². The highest BCUT2D eigenvalue weighted by Crippen LogP contribution is 2.09. The molecule has 0 atom stereocenters. The summed E-state index contributed by atoms with van der Waals surface area (Å²) in [5.41, 5.74) is 0. The van der Waals surface area contributed by atoms with Crippen molar-refractivity contribution in [3.05, 3.63) is 0 Å². The van der Waals surface area contributed by atoms with Gasteiger partial charge in [0.05, 0.1) is 62.0 Å². The van der Waals surface area contributed by atoms with Crippen molar-refractivity contribution in [3.8, 4) is 0 Å². The van der Waals surface area contributed by atoms with E-state index in [9.17, 15) is 21.4 Å². The molecule has 12 nitrogen and oxygen atoms in total. The summed E-state index contributed by atoms with van der Waals surface area (Å²) in [5.74, 6) is -0.137. The van der Waals surface area contributed by atoms with Gasteiger partial charge in [0.25, 0.3) is 10.1 Å². The van der Waals surface area contributed by atoms with Crippen molar-refractivity contribution < 1.29 is 50.5 Å². The number of aliphatic hydroxyl groups excluding tert-OH is 4. The van der Waals surface area contributed by atoms with Gasteiger partial charge in [-0.3, -0.25) is 9.08 Å². The SMILES string of the molecule is CCN(CCO)CCO.CC[N+](CCO)(CCO)CCCCS(=O)(=O)[O-].O=S1(=O)CCCCO1. The fourth-order valence-electron chi connectivity index (χ4n) is 3.30. The van der Waals surface area contributed by atoms with Gasteiger partial charge in [0.2, 0.25) is 0 Å². The Bertz CT molecular complexity index is 651. The summed E-state index contributed by atoms with van der Waals surface area (Å²) >= 11 is 0. The van der Waals surface area contributed by atoms with Crippen LogP contribution in [-0.4, -0.2) is 142 Å². The average Bonchev–Trinajstić information content (AvgIpc) is 2.77. The number of nitrogens with zero attached hydrogens (tertiary/aromatic N) is 2. The van der Waals surface area contributed by atoms with Crippen LogP contribution in [-0.2, 0) is 24.4 Å². The number of likely N-dealkylation sites (N-methyl/N-ethyl adjacent to an activating group) is 2. The molecule has 1 heterocycles. The van der Waals surface area contributed by atoms with E-state index in [-0.39, 0.29) is 37.9 Å². The second-order valence-electron chi connectivity index (χ2n) is 7.92. The fraction of sp³-hybridized carbons (Fsp3) is 1.00. The molecular weight excluding hydrogens is 492 g/mol. The Labute approximate surface area is 205 Å². The van der Waals surface area contributed by atoms with Gasteiger partial charge in [-0.2, -0.15) is 8.42 Å². The molecule has 0 bridgehead atoms. The average molecular weight is 539 g/mol. The minimum Gasteiger partial charge on any atom is -0.748 e. The third kappa shape index (κ3) is 20.9. The first kappa shape index (κ1) is 35.7. The molecule has 4 N–H and O–H groups in total. The van der Waals surface area contributed by atoms with Gasteiger partial charge < -0.3 is 29.5 Å². The summed E-state index contributed by atoms with van der Waals surface area (Å²) in [6.45, 7) is 9.52. The number of quaternary nitrogens is 1. The minimum absolute atomic E-state index is 0.0354. The largest absolute Gasteiger partial charge is 0.748 e. The van der Waals surface area contributed by atoms with Crippen LogP contribution in [0.25, 0.3) is 0 Å². The van der Waals surface area contributed by atoms with Gasteiger partial charge in [-0.1, -0.05) is 6.92 Å². The maximum Gasteiger partial charge on any atom is 0.267 e. The topological polar surface area (TPSA) is 185 Å². The van der Waals surface area contributed by atoms with Crippen molar-refractivity contribution in [3.63, 3.8) is 0 Å². The molecule has 0 amide bonds. The zero-order chi connectivity index (χ0) is 26.5. The summed E-state index contributed by atoms with van der Waals surface area (Å²) in [4.78, 5) is 1.99. The Kier molecular flexibility index (Phi) is 21.8. The summed E-state index contributed by atoms with van der Waals surface area (Å²) in [7, 11) is -7.21. The highest BCUT2D eigenvalue weighted by molar-refractivity contribution is 7.86. The van der Waals surface area contributed by atoms with Crippen LogP contribution in [0.15, 0.2) is 0 Å². The van der Waals surface area contributed by atoms with E-state index in [0.29, 0.717) is 56.7 Å². The van der Waals surface area contributed by atoms with Crippen molar-refractivity contribution in [1.82, 2.24) is 4.90 Å². The van der Waals surface area contributed by atoms with E-state index in [1.807, 2.05) is 18.7 Å². The molecule has 208 valence electrons. The number of rotatable bonds is 15. The van der Waals surface area contributed by atoms with Crippen LogP contribution in [0.2, 0.25) is 0 Å². The number of aliphatic hydroxyl groups is 4. The van der Waals surface area contributed by atoms with Gasteiger partial charge in [0, 0.05) is 18.8 Å². The molecule has 14 heteroatoms. The lowest BCUT2D eigenvalue weighted by atomic mass is 10.2. The second kappa shape index (κ2) is 20.7. The van der Waals surface area contributed by atoms with Crippen LogP contribution >= 0.6 is 0 Å². The van der Waals surface area contributed by atoms with Gasteiger partial charge in [-0.25, -0.2) is 8.42 Å². The number of hydrogen-bond donors (Lipinski definition) is 4. The Morgan fingerprint density at radius 1 is 0.912 bits per heavy atom. The lowest BCUT2D eigenvalue weighted by Crippen LogP contribution is -2.52. The molecule has 0 spiro atoms. The summed E-state index contributed by atoms with van der Waals surface area (Å²) in [6.07, 6.45) is 2.57.